The average Bonchev–Trinajstić information content (AvgIpc) is 2.73. The third-order valence-electron chi connectivity index (χ3n) is 6.85. The minimum Gasteiger partial charge on any atom is -0.378 e. The van der Waals surface area contributed by atoms with Crippen LogP contribution in [0.3, 0.4) is 0 Å². The molecule has 1 atom stereocenters. The molecule has 0 fully saturated rings. The Balaban J connectivity index is 3.42. The predicted octanol–water partition coefficient (Wildman–Crippen LogP) is 11.0. The van der Waals surface area contributed by atoms with E-state index < -0.39 is 0 Å². The Bertz CT molecular complexity index is 330. The Labute approximate surface area is 198 Å². The number of hydrogen-bond acceptors (Lipinski definition) is 1. The molecule has 188 valence electrons. The third-order valence-corrected chi connectivity index (χ3v) is 6.85. The molecule has 0 aliphatic heterocycles. The Hall–Kier alpha value is -0.0400. The van der Waals surface area contributed by atoms with Gasteiger partial charge < -0.3 is 4.74 Å². The number of unbranched alkanes of at least 4 members (excludes halogenated alkanes) is 19. The SMILES string of the molecule is CCCCCCCCCCCCCCCCCCOC(CCCCCCC)C(C)(C)C. The molecule has 0 heterocycles. The minimum atomic E-state index is 0.278. The van der Waals surface area contributed by atoms with Gasteiger partial charge in [-0.05, 0) is 18.3 Å². The van der Waals surface area contributed by atoms with Gasteiger partial charge in [0.05, 0.1) is 6.10 Å². The number of hydrogen-bond donors (Lipinski definition) is 0. The van der Waals surface area contributed by atoms with Crippen molar-refractivity contribution in [2.75, 3.05) is 6.61 Å². The highest BCUT2D eigenvalue weighted by atomic mass is 16.5. The first-order valence-electron chi connectivity index (χ1n) is 14.6. The Morgan fingerprint density at radius 1 is 0.452 bits per heavy atom. The molecule has 0 N–H and O–H groups in total. The zero-order valence-electron chi connectivity index (χ0n) is 22.7. The van der Waals surface area contributed by atoms with Crippen molar-refractivity contribution < 1.29 is 4.74 Å². The van der Waals surface area contributed by atoms with Crippen molar-refractivity contribution in [2.24, 2.45) is 5.41 Å². The summed E-state index contributed by atoms with van der Waals surface area (Å²) in [4.78, 5) is 0. The lowest BCUT2D eigenvalue weighted by atomic mass is 9.85. The van der Waals surface area contributed by atoms with Gasteiger partial charge in [-0.25, -0.2) is 0 Å². The molecule has 0 aliphatic carbocycles. The molecule has 1 nitrogen and oxygen atoms in total. The number of rotatable bonds is 24. The molecule has 0 saturated heterocycles. The van der Waals surface area contributed by atoms with Gasteiger partial charge in [-0.2, -0.15) is 0 Å². The molecule has 1 unspecified atom stereocenters. The summed E-state index contributed by atoms with van der Waals surface area (Å²) in [7, 11) is 0. The molecule has 1 heteroatoms. The van der Waals surface area contributed by atoms with Gasteiger partial charge in [0.15, 0.2) is 0 Å². The van der Waals surface area contributed by atoms with E-state index in [4.69, 9.17) is 4.74 Å². The second kappa shape index (κ2) is 23.1. The molecule has 0 amide bonds. The Morgan fingerprint density at radius 3 is 1.13 bits per heavy atom. The Kier molecular flexibility index (Phi) is 23.1. The van der Waals surface area contributed by atoms with E-state index >= 15 is 0 Å². The maximum atomic E-state index is 6.33. The summed E-state index contributed by atoms with van der Waals surface area (Å²) < 4.78 is 6.33. The first-order valence-corrected chi connectivity index (χ1v) is 14.6. The highest BCUT2D eigenvalue weighted by Crippen LogP contribution is 2.27. The van der Waals surface area contributed by atoms with Gasteiger partial charge >= 0.3 is 0 Å². The zero-order valence-corrected chi connectivity index (χ0v) is 22.7. The highest BCUT2D eigenvalue weighted by molar-refractivity contribution is 4.74. The molecule has 0 radical (unpaired) electrons. The van der Waals surface area contributed by atoms with Crippen molar-refractivity contribution in [3.05, 3.63) is 0 Å². The minimum absolute atomic E-state index is 0.278. The van der Waals surface area contributed by atoms with Crippen molar-refractivity contribution in [1.82, 2.24) is 0 Å². The van der Waals surface area contributed by atoms with Crippen LogP contribution in [0.15, 0.2) is 0 Å². The van der Waals surface area contributed by atoms with E-state index in [1.54, 1.807) is 0 Å². The summed E-state index contributed by atoms with van der Waals surface area (Å²) in [6.07, 6.45) is 31.4. The molecule has 0 rings (SSSR count). The Morgan fingerprint density at radius 2 is 0.774 bits per heavy atom. The molecule has 0 bridgehead atoms. The normalized spacial score (nSPS) is 13.1. The fourth-order valence-corrected chi connectivity index (χ4v) is 4.58. The summed E-state index contributed by atoms with van der Waals surface area (Å²) in [5.74, 6) is 0. The van der Waals surface area contributed by atoms with Crippen LogP contribution in [0, 0.1) is 5.41 Å². The molecule has 0 aromatic rings. The molecule has 31 heavy (non-hydrogen) atoms. The van der Waals surface area contributed by atoms with Crippen molar-refractivity contribution in [1.29, 1.82) is 0 Å². The largest absolute Gasteiger partial charge is 0.378 e. The van der Waals surface area contributed by atoms with Crippen molar-refractivity contribution >= 4 is 0 Å². The van der Waals surface area contributed by atoms with Crippen LogP contribution in [0.1, 0.15) is 176 Å². The lowest BCUT2D eigenvalue weighted by Crippen LogP contribution is -2.29. The summed E-state index contributed by atoms with van der Waals surface area (Å²) in [5.41, 5.74) is 0.278. The summed E-state index contributed by atoms with van der Waals surface area (Å²) in [6, 6.07) is 0. The second-order valence-corrected chi connectivity index (χ2v) is 11.2. The maximum Gasteiger partial charge on any atom is 0.0623 e. The maximum absolute atomic E-state index is 6.33. The molecule has 0 spiro atoms. The quantitative estimate of drug-likeness (QED) is 0.136. The molecule has 0 aromatic heterocycles. The fraction of sp³-hybridized carbons (Fsp3) is 1.00. The van der Waals surface area contributed by atoms with E-state index in [9.17, 15) is 0 Å². The van der Waals surface area contributed by atoms with Gasteiger partial charge in [0.2, 0.25) is 0 Å². The molecular formula is C30H62O. The lowest BCUT2D eigenvalue weighted by molar-refractivity contribution is -0.0256. The lowest BCUT2D eigenvalue weighted by Gasteiger charge is -2.31. The molecule has 0 saturated carbocycles. The fourth-order valence-electron chi connectivity index (χ4n) is 4.58. The zero-order chi connectivity index (χ0) is 23.0. The average molecular weight is 439 g/mol. The second-order valence-electron chi connectivity index (χ2n) is 11.2. The van der Waals surface area contributed by atoms with E-state index in [0.29, 0.717) is 6.10 Å². The first-order chi connectivity index (χ1) is 15.0. The van der Waals surface area contributed by atoms with Gasteiger partial charge in [0, 0.05) is 6.61 Å². The van der Waals surface area contributed by atoms with Crippen LogP contribution in [0.2, 0.25) is 0 Å². The van der Waals surface area contributed by atoms with Crippen LogP contribution in [-0.2, 0) is 4.74 Å². The van der Waals surface area contributed by atoms with Crippen molar-refractivity contribution in [2.45, 2.75) is 182 Å². The molecular weight excluding hydrogens is 376 g/mol. The van der Waals surface area contributed by atoms with Gasteiger partial charge in [0.1, 0.15) is 0 Å². The van der Waals surface area contributed by atoms with E-state index in [1.807, 2.05) is 0 Å². The van der Waals surface area contributed by atoms with E-state index in [2.05, 4.69) is 34.6 Å². The van der Waals surface area contributed by atoms with E-state index in [-0.39, 0.29) is 5.41 Å². The van der Waals surface area contributed by atoms with E-state index in [0.717, 1.165) is 6.61 Å². The van der Waals surface area contributed by atoms with Crippen LogP contribution >= 0.6 is 0 Å². The van der Waals surface area contributed by atoms with Gasteiger partial charge in [-0.15, -0.1) is 0 Å². The summed E-state index contributed by atoms with van der Waals surface area (Å²) >= 11 is 0. The highest BCUT2D eigenvalue weighted by Gasteiger charge is 2.24. The molecule has 0 aromatic carbocycles. The predicted molar refractivity (Wildman–Crippen MR) is 142 cm³/mol. The standard InChI is InChI=1S/C30H62O/c1-6-8-10-12-13-14-15-16-17-18-19-20-21-22-24-26-28-31-29(30(3,4)5)27-25-23-11-9-7-2/h29H,6-28H2,1-5H3. The first kappa shape index (κ1) is 31.0. The van der Waals surface area contributed by atoms with Crippen molar-refractivity contribution in [3.8, 4) is 0 Å². The van der Waals surface area contributed by atoms with Gasteiger partial charge in [-0.3, -0.25) is 0 Å². The van der Waals surface area contributed by atoms with Gasteiger partial charge in [-0.1, -0.05) is 163 Å². The van der Waals surface area contributed by atoms with E-state index in [1.165, 1.54) is 141 Å². The van der Waals surface area contributed by atoms with Crippen LogP contribution in [-0.4, -0.2) is 12.7 Å². The molecule has 0 aliphatic rings. The number of ether oxygens (including phenoxy) is 1. The smallest absolute Gasteiger partial charge is 0.0623 e. The summed E-state index contributed by atoms with van der Waals surface area (Å²) in [5, 5.41) is 0. The van der Waals surface area contributed by atoms with Crippen molar-refractivity contribution in [3.63, 3.8) is 0 Å². The third kappa shape index (κ3) is 22.9. The van der Waals surface area contributed by atoms with Gasteiger partial charge in [0.25, 0.3) is 0 Å². The van der Waals surface area contributed by atoms with Crippen LogP contribution < -0.4 is 0 Å². The monoisotopic (exact) mass is 438 g/mol. The summed E-state index contributed by atoms with van der Waals surface area (Å²) in [6.45, 7) is 12.6. The van der Waals surface area contributed by atoms with Crippen LogP contribution in [0.5, 0.6) is 0 Å². The van der Waals surface area contributed by atoms with Crippen LogP contribution in [0.25, 0.3) is 0 Å². The van der Waals surface area contributed by atoms with Crippen LogP contribution in [0.4, 0.5) is 0 Å². The topological polar surface area (TPSA) is 9.23 Å².